The molecule has 0 radical (unpaired) electrons. The Balaban J connectivity index is 1.65. The van der Waals surface area contributed by atoms with Crippen LogP contribution in [0.1, 0.15) is 0 Å². The second kappa shape index (κ2) is 10.0. The normalized spacial score (nSPS) is 11.1. The predicted octanol–water partition coefficient (Wildman–Crippen LogP) is 4.60. The van der Waals surface area contributed by atoms with E-state index in [1.165, 1.54) is 21.2 Å². The Kier molecular flexibility index (Phi) is 6.50. The van der Waals surface area contributed by atoms with Crippen molar-refractivity contribution in [1.29, 1.82) is 0 Å². The van der Waals surface area contributed by atoms with Crippen LogP contribution in [0, 0.1) is 0 Å². The smallest absolute Gasteiger partial charge is 0.0728 e. The molecule has 0 bridgehead atoms. The highest BCUT2D eigenvalue weighted by atomic mass is 31.1. The summed E-state index contributed by atoms with van der Waals surface area (Å²) >= 11 is 0. The molecule has 4 aromatic carbocycles. The van der Waals surface area contributed by atoms with Crippen molar-refractivity contribution in [1.82, 2.24) is 4.98 Å². The van der Waals surface area contributed by atoms with Gasteiger partial charge in [-0.15, -0.1) is 0 Å². The van der Waals surface area contributed by atoms with Gasteiger partial charge in [0.25, 0.3) is 0 Å². The average Bonchev–Trinajstić information content (AvgIpc) is 2.87. The molecule has 0 aliphatic rings. The maximum Gasteiger partial charge on any atom is 0.0728 e. The number of aromatic nitrogens is 1. The lowest BCUT2D eigenvalue weighted by atomic mass is 10.4. The van der Waals surface area contributed by atoms with Crippen LogP contribution in [0.5, 0.6) is 0 Å². The van der Waals surface area contributed by atoms with Crippen molar-refractivity contribution in [3.8, 4) is 0 Å². The van der Waals surface area contributed by atoms with Crippen LogP contribution in [0.25, 0.3) is 0 Å². The molecular weight excluding hydrogens is 424 g/mol. The van der Waals surface area contributed by atoms with Crippen molar-refractivity contribution >= 4 is 47.9 Å². The Morgan fingerprint density at radius 3 is 0.875 bits per heavy atom. The Bertz CT molecular complexity index is 1080. The fourth-order valence-electron chi connectivity index (χ4n) is 3.80. The fourth-order valence-corrected chi connectivity index (χ4v) is 8.30. The maximum absolute atomic E-state index is 5.34. The third-order valence-corrected chi connectivity index (χ3v) is 9.91. The zero-order valence-electron chi connectivity index (χ0n) is 17.6. The molecule has 154 valence electrons. The highest BCUT2D eigenvalue weighted by Crippen LogP contribution is 2.34. The summed E-state index contributed by atoms with van der Waals surface area (Å²) in [5.41, 5.74) is 2.29. The van der Waals surface area contributed by atoms with Gasteiger partial charge in [0.2, 0.25) is 0 Å². The fraction of sp³-hybridized carbons (Fsp3) is 0. The molecule has 1 nitrogen and oxygen atoms in total. The number of hydrogen-bond donors (Lipinski definition) is 0. The van der Waals surface area contributed by atoms with Gasteiger partial charge in [-0.3, -0.25) is 0 Å². The highest BCUT2D eigenvalue weighted by molar-refractivity contribution is 7.80. The van der Waals surface area contributed by atoms with Crippen LogP contribution >= 0.6 is 15.8 Å². The summed E-state index contributed by atoms with van der Waals surface area (Å²) in [5.74, 6) is 0. The number of pyridine rings is 1. The predicted molar refractivity (Wildman–Crippen MR) is 142 cm³/mol. The largest absolute Gasteiger partial charge is 0.247 e. The van der Waals surface area contributed by atoms with Crippen molar-refractivity contribution in [2.45, 2.75) is 0 Å². The number of nitrogens with zero attached hydrogens (tertiary/aromatic N) is 1. The van der Waals surface area contributed by atoms with Crippen LogP contribution < -0.4 is 32.1 Å². The standard InChI is InChI=1S/C29H23NP2/c1-5-14-24(15-6-1)31(25-16-7-2-8-17-25)28-22-13-23-29(30-28)32(26-18-9-3-10-19-26)27-20-11-4-12-21-27/h1-23H. The molecule has 1 aromatic heterocycles. The average molecular weight is 447 g/mol. The molecular formula is C29H23NP2. The lowest BCUT2D eigenvalue weighted by molar-refractivity contribution is 1.46. The van der Waals surface area contributed by atoms with Gasteiger partial charge in [-0.1, -0.05) is 127 Å². The van der Waals surface area contributed by atoms with Gasteiger partial charge in [0.15, 0.2) is 0 Å². The second-order valence-electron chi connectivity index (χ2n) is 7.37. The summed E-state index contributed by atoms with van der Waals surface area (Å²) in [7, 11) is -1.45. The first-order chi connectivity index (χ1) is 15.9. The van der Waals surface area contributed by atoms with E-state index in [0.29, 0.717) is 0 Å². The first kappa shape index (κ1) is 20.8. The minimum atomic E-state index is -0.726. The molecule has 0 fully saturated rings. The Hall–Kier alpha value is -3.11. The highest BCUT2D eigenvalue weighted by Gasteiger charge is 2.22. The van der Waals surface area contributed by atoms with E-state index in [0.717, 1.165) is 10.9 Å². The molecule has 3 heteroatoms. The molecule has 32 heavy (non-hydrogen) atoms. The minimum Gasteiger partial charge on any atom is -0.247 e. The van der Waals surface area contributed by atoms with Gasteiger partial charge in [0, 0.05) is 15.8 Å². The zero-order chi connectivity index (χ0) is 21.6. The molecule has 1 heterocycles. The molecule has 0 aliphatic heterocycles. The third-order valence-electron chi connectivity index (χ3n) is 5.24. The van der Waals surface area contributed by atoms with Crippen LogP contribution in [0.15, 0.2) is 140 Å². The van der Waals surface area contributed by atoms with Gasteiger partial charge in [0.05, 0.1) is 10.9 Å². The van der Waals surface area contributed by atoms with Crippen LogP contribution in [0.2, 0.25) is 0 Å². The molecule has 0 N–H and O–H groups in total. The van der Waals surface area contributed by atoms with E-state index in [4.69, 9.17) is 4.98 Å². The number of hydrogen-bond acceptors (Lipinski definition) is 1. The summed E-state index contributed by atoms with van der Waals surface area (Å²) < 4.78 is 0. The van der Waals surface area contributed by atoms with Crippen molar-refractivity contribution < 1.29 is 0 Å². The summed E-state index contributed by atoms with van der Waals surface area (Å²) in [4.78, 5) is 5.34. The molecule has 0 unspecified atom stereocenters. The van der Waals surface area contributed by atoms with E-state index in [2.05, 4.69) is 140 Å². The topological polar surface area (TPSA) is 12.9 Å². The van der Waals surface area contributed by atoms with Gasteiger partial charge in [-0.25, -0.2) is 4.98 Å². The molecule has 5 rings (SSSR count). The third kappa shape index (κ3) is 4.56. The van der Waals surface area contributed by atoms with Gasteiger partial charge in [-0.05, 0) is 33.4 Å². The number of rotatable bonds is 6. The lowest BCUT2D eigenvalue weighted by Gasteiger charge is -2.22. The van der Waals surface area contributed by atoms with Crippen LogP contribution in [0.4, 0.5) is 0 Å². The lowest BCUT2D eigenvalue weighted by Crippen LogP contribution is -2.30. The van der Waals surface area contributed by atoms with E-state index in [1.807, 2.05) is 0 Å². The first-order valence-electron chi connectivity index (χ1n) is 10.7. The maximum atomic E-state index is 5.34. The Morgan fingerprint density at radius 1 is 0.312 bits per heavy atom. The van der Waals surface area contributed by atoms with Crippen molar-refractivity contribution in [2.24, 2.45) is 0 Å². The minimum absolute atomic E-state index is 0.726. The Morgan fingerprint density at radius 2 is 0.594 bits per heavy atom. The van der Waals surface area contributed by atoms with Crippen LogP contribution in [0.3, 0.4) is 0 Å². The molecule has 0 saturated carbocycles. The number of benzene rings is 4. The van der Waals surface area contributed by atoms with Gasteiger partial charge in [0.1, 0.15) is 0 Å². The van der Waals surface area contributed by atoms with Crippen molar-refractivity contribution in [3.05, 3.63) is 140 Å². The van der Waals surface area contributed by atoms with Gasteiger partial charge < -0.3 is 0 Å². The summed E-state index contributed by atoms with van der Waals surface area (Å²) in [5, 5.41) is 5.29. The van der Waals surface area contributed by atoms with Crippen molar-refractivity contribution in [3.63, 3.8) is 0 Å². The van der Waals surface area contributed by atoms with E-state index in [1.54, 1.807) is 0 Å². The second-order valence-corrected chi connectivity index (χ2v) is 11.7. The van der Waals surface area contributed by atoms with Crippen molar-refractivity contribution in [2.75, 3.05) is 0 Å². The summed E-state index contributed by atoms with van der Waals surface area (Å²) in [6, 6.07) is 49.7. The van der Waals surface area contributed by atoms with E-state index < -0.39 is 15.8 Å². The summed E-state index contributed by atoms with van der Waals surface area (Å²) in [6.45, 7) is 0. The zero-order valence-corrected chi connectivity index (χ0v) is 19.4. The molecule has 0 amide bonds. The summed E-state index contributed by atoms with van der Waals surface area (Å²) in [6.07, 6.45) is 0. The molecule has 0 spiro atoms. The quantitative estimate of drug-likeness (QED) is 0.347. The van der Waals surface area contributed by atoms with E-state index >= 15 is 0 Å². The molecule has 0 aliphatic carbocycles. The molecule has 0 saturated heterocycles. The van der Waals surface area contributed by atoms with Gasteiger partial charge >= 0.3 is 0 Å². The van der Waals surface area contributed by atoms with Gasteiger partial charge in [-0.2, -0.15) is 0 Å². The first-order valence-corrected chi connectivity index (χ1v) is 13.4. The van der Waals surface area contributed by atoms with E-state index in [9.17, 15) is 0 Å². The molecule has 0 atom stereocenters. The Labute approximate surface area is 192 Å². The van der Waals surface area contributed by atoms with Crippen LogP contribution in [-0.2, 0) is 0 Å². The van der Waals surface area contributed by atoms with Crippen LogP contribution in [-0.4, -0.2) is 4.98 Å². The molecule has 5 aromatic rings. The SMILES string of the molecule is c1ccc(P(c2ccccc2)c2cccc(P(c3ccccc3)c3ccccc3)n2)cc1. The monoisotopic (exact) mass is 447 g/mol. The van der Waals surface area contributed by atoms with E-state index in [-0.39, 0.29) is 0 Å².